The monoisotopic (exact) mass is 338 g/mol. The first-order valence-corrected chi connectivity index (χ1v) is 9.18. The van der Waals surface area contributed by atoms with Crippen molar-refractivity contribution in [2.24, 2.45) is 5.92 Å². The van der Waals surface area contributed by atoms with Crippen LogP contribution in [0.25, 0.3) is 0 Å². The molecule has 1 aromatic rings. The van der Waals surface area contributed by atoms with Gasteiger partial charge >= 0.3 is 6.18 Å². The molecule has 0 spiro atoms. The summed E-state index contributed by atoms with van der Waals surface area (Å²) in [6.45, 7) is 2.25. The van der Waals surface area contributed by atoms with E-state index in [-0.39, 0.29) is 6.04 Å². The summed E-state index contributed by atoms with van der Waals surface area (Å²) in [5.41, 5.74) is 0.271. The van der Waals surface area contributed by atoms with Crippen LogP contribution < -0.4 is 5.32 Å². The van der Waals surface area contributed by atoms with Crippen molar-refractivity contribution in [1.82, 2.24) is 10.2 Å². The van der Waals surface area contributed by atoms with Crippen LogP contribution in [0.4, 0.5) is 13.2 Å². The highest BCUT2D eigenvalue weighted by atomic mass is 19.4. The maximum atomic E-state index is 13.0. The van der Waals surface area contributed by atoms with Gasteiger partial charge < -0.3 is 10.2 Å². The fourth-order valence-electron chi connectivity index (χ4n) is 3.97. The Labute approximate surface area is 141 Å². The number of piperidine rings is 1. The van der Waals surface area contributed by atoms with E-state index in [1.54, 1.807) is 6.07 Å². The average Bonchev–Trinajstić information content (AvgIpc) is 3.46. The fourth-order valence-corrected chi connectivity index (χ4v) is 3.97. The first kappa shape index (κ1) is 16.4. The summed E-state index contributed by atoms with van der Waals surface area (Å²) in [5, 5.41) is 3.70. The van der Waals surface area contributed by atoms with Crippen molar-refractivity contribution < 1.29 is 13.2 Å². The molecule has 1 aliphatic heterocycles. The fraction of sp³-hybridized carbons (Fsp3) is 0.684. The lowest BCUT2D eigenvalue weighted by Crippen LogP contribution is -2.44. The third-order valence-corrected chi connectivity index (χ3v) is 5.67. The molecule has 4 rings (SSSR count). The summed E-state index contributed by atoms with van der Waals surface area (Å²) in [6.07, 6.45) is 2.88. The van der Waals surface area contributed by atoms with Crippen LogP contribution in [0.3, 0.4) is 0 Å². The molecule has 132 valence electrons. The SMILES string of the molecule is FC(F)(F)c1cccc(C(NC2CCN(C3CC3)CC2)C2CC2)c1. The Balaban J connectivity index is 1.43. The third kappa shape index (κ3) is 3.77. The molecular formula is C19H25F3N2. The zero-order chi connectivity index (χ0) is 16.7. The van der Waals surface area contributed by atoms with Gasteiger partial charge in [0.15, 0.2) is 0 Å². The minimum Gasteiger partial charge on any atom is -0.307 e. The molecule has 0 amide bonds. The van der Waals surface area contributed by atoms with Crippen LogP contribution in [0, 0.1) is 5.92 Å². The van der Waals surface area contributed by atoms with E-state index < -0.39 is 11.7 Å². The molecule has 0 radical (unpaired) electrons. The van der Waals surface area contributed by atoms with E-state index in [1.807, 2.05) is 6.07 Å². The smallest absolute Gasteiger partial charge is 0.307 e. The molecule has 1 saturated heterocycles. The molecule has 5 heteroatoms. The lowest BCUT2D eigenvalue weighted by Gasteiger charge is -2.35. The van der Waals surface area contributed by atoms with E-state index in [9.17, 15) is 13.2 Å². The highest BCUT2D eigenvalue weighted by Gasteiger charge is 2.37. The van der Waals surface area contributed by atoms with Crippen molar-refractivity contribution in [2.75, 3.05) is 13.1 Å². The predicted octanol–water partition coefficient (Wildman–Crippen LogP) is 4.37. The molecule has 24 heavy (non-hydrogen) atoms. The van der Waals surface area contributed by atoms with Crippen molar-refractivity contribution in [1.29, 1.82) is 0 Å². The number of alkyl halides is 3. The van der Waals surface area contributed by atoms with Gasteiger partial charge in [0.2, 0.25) is 0 Å². The topological polar surface area (TPSA) is 15.3 Å². The van der Waals surface area contributed by atoms with Crippen LogP contribution >= 0.6 is 0 Å². The maximum Gasteiger partial charge on any atom is 0.416 e. The van der Waals surface area contributed by atoms with Gasteiger partial charge in [-0.25, -0.2) is 0 Å². The molecular weight excluding hydrogens is 313 g/mol. The second-order valence-electron chi connectivity index (χ2n) is 7.65. The first-order chi connectivity index (χ1) is 11.5. The molecule has 0 aromatic heterocycles. The van der Waals surface area contributed by atoms with Crippen LogP contribution in [0.5, 0.6) is 0 Å². The summed E-state index contributed by atoms with van der Waals surface area (Å²) in [5.74, 6) is 0.495. The largest absolute Gasteiger partial charge is 0.416 e. The van der Waals surface area contributed by atoms with E-state index in [1.165, 1.54) is 25.0 Å². The number of hydrogen-bond donors (Lipinski definition) is 1. The second kappa shape index (κ2) is 6.34. The van der Waals surface area contributed by atoms with Gasteiger partial charge in [0.1, 0.15) is 0 Å². The molecule has 1 unspecified atom stereocenters. The number of halogens is 3. The summed E-state index contributed by atoms with van der Waals surface area (Å²) < 4.78 is 39.0. The Bertz CT molecular complexity index is 570. The van der Waals surface area contributed by atoms with Crippen LogP contribution in [0.1, 0.15) is 55.7 Å². The van der Waals surface area contributed by atoms with E-state index in [0.717, 1.165) is 50.4 Å². The van der Waals surface area contributed by atoms with Crippen LogP contribution in [0.15, 0.2) is 24.3 Å². The number of hydrogen-bond acceptors (Lipinski definition) is 2. The van der Waals surface area contributed by atoms with Gasteiger partial charge in [0.05, 0.1) is 5.56 Å². The zero-order valence-electron chi connectivity index (χ0n) is 13.9. The van der Waals surface area contributed by atoms with E-state index in [4.69, 9.17) is 0 Å². The minimum absolute atomic E-state index is 0.0739. The Morgan fingerprint density at radius 2 is 1.71 bits per heavy atom. The van der Waals surface area contributed by atoms with Crippen molar-refractivity contribution in [2.45, 2.75) is 62.8 Å². The maximum absolute atomic E-state index is 13.0. The second-order valence-corrected chi connectivity index (χ2v) is 7.65. The number of nitrogens with zero attached hydrogens (tertiary/aromatic N) is 1. The molecule has 1 aromatic carbocycles. The Kier molecular flexibility index (Phi) is 4.33. The standard InChI is InChI=1S/C19H25F3N2/c20-19(21,22)15-3-1-2-14(12-15)18(13-4-5-13)23-16-8-10-24(11-9-16)17-6-7-17/h1-3,12-13,16-18,23H,4-11H2. The zero-order valence-corrected chi connectivity index (χ0v) is 13.9. The van der Waals surface area contributed by atoms with Crippen molar-refractivity contribution in [3.63, 3.8) is 0 Å². The average molecular weight is 338 g/mol. The van der Waals surface area contributed by atoms with E-state index >= 15 is 0 Å². The van der Waals surface area contributed by atoms with Crippen molar-refractivity contribution in [3.8, 4) is 0 Å². The van der Waals surface area contributed by atoms with Gasteiger partial charge in [0, 0.05) is 18.1 Å². The number of nitrogens with one attached hydrogen (secondary N) is 1. The minimum atomic E-state index is -4.26. The van der Waals surface area contributed by atoms with Gasteiger partial charge in [-0.2, -0.15) is 13.2 Å². The number of rotatable bonds is 5. The van der Waals surface area contributed by atoms with Crippen LogP contribution in [-0.2, 0) is 6.18 Å². The lowest BCUT2D eigenvalue weighted by molar-refractivity contribution is -0.137. The predicted molar refractivity (Wildman–Crippen MR) is 87.7 cm³/mol. The third-order valence-electron chi connectivity index (χ3n) is 5.67. The molecule has 1 N–H and O–H groups in total. The number of likely N-dealkylation sites (tertiary alicyclic amines) is 1. The quantitative estimate of drug-likeness (QED) is 0.857. The van der Waals surface area contributed by atoms with Crippen LogP contribution in [0.2, 0.25) is 0 Å². The van der Waals surface area contributed by atoms with Crippen LogP contribution in [-0.4, -0.2) is 30.1 Å². The molecule has 2 saturated carbocycles. The summed E-state index contributed by atoms with van der Waals surface area (Å²) in [7, 11) is 0. The lowest BCUT2D eigenvalue weighted by atomic mass is 9.96. The van der Waals surface area contributed by atoms with Gasteiger partial charge in [0.25, 0.3) is 0 Å². The molecule has 1 heterocycles. The Morgan fingerprint density at radius 1 is 1.00 bits per heavy atom. The molecule has 3 aliphatic rings. The van der Waals surface area contributed by atoms with E-state index in [2.05, 4.69) is 10.2 Å². The molecule has 3 fully saturated rings. The highest BCUT2D eigenvalue weighted by Crippen LogP contribution is 2.43. The summed E-state index contributed by atoms with van der Waals surface area (Å²) in [6, 6.07) is 7.23. The van der Waals surface area contributed by atoms with Gasteiger partial charge in [-0.1, -0.05) is 12.1 Å². The Hall–Kier alpha value is -1.07. The molecule has 0 bridgehead atoms. The van der Waals surface area contributed by atoms with Crippen molar-refractivity contribution >= 4 is 0 Å². The van der Waals surface area contributed by atoms with Gasteiger partial charge in [-0.3, -0.25) is 0 Å². The molecule has 1 atom stereocenters. The normalized spacial score (nSPS) is 25.0. The van der Waals surface area contributed by atoms with Crippen molar-refractivity contribution in [3.05, 3.63) is 35.4 Å². The first-order valence-electron chi connectivity index (χ1n) is 9.18. The van der Waals surface area contributed by atoms with E-state index in [0.29, 0.717) is 12.0 Å². The highest BCUT2D eigenvalue weighted by molar-refractivity contribution is 5.29. The molecule has 2 aliphatic carbocycles. The molecule has 2 nitrogen and oxygen atoms in total. The van der Waals surface area contributed by atoms with Gasteiger partial charge in [-0.05, 0) is 75.2 Å². The van der Waals surface area contributed by atoms with Gasteiger partial charge in [-0.15, -0.1) is 0 Å². The summed E-state index contributed by atoms with van der Waals surface area (Å²) >= 11 is 0. The number of benzene rings is 1. The Morgan fingerprint density at radius 3 is 2.29 bits per heavy atom. The summed E-state index contributed by atoms with van der Waals surface area (Å²) in [4.78, 5) is 2.58.